The second-order valence-corrected chi connectivity index (χ2v) is 5.19. The number of aromatic hydroxyl groups is 1. The van der Waals surface area contributed by atoms with Gasteiger partial charge in [-0.3, -0.25) is 9.36 Å². The number of carboxylic acid groups (broad SMARTS) is 1. The maximum absolute atomic E-state index is 10.8. The summed E-state index contributed by atoms with van der Waals surface area (Å²) >= 11 is 0. The lowest BCUT2D eigenvalue weighted by molar-refractivity contribution is -0.136. The summed E-state index contributed by atoms with van der Waals surface area (Å²) in [6.07, 6.45) is -1.01. The zero-order valence-electron chi connectivity index (χ0n) is 9.11. The number of nitrogens with two attached hydrogens (primary N) is 1. The molecule has 1 aromatic carbocycles. The minimum atomic E-state index is -4.31. The molecule has 102 valence electrons. The van der Waals surface area contributed by atoms with Crippen molar-refractivity contribution in [3.05, 3.63) is 23.3 Å². The molecule has 0 spiro atoms. The zero-order chi connectivity index (χ0) is 13.2. The molecule has 0 aromatic heterocycles. The Hall–Kier alpha value is -1.27. The molecule has 9 heteroatoms. The number of anilines is 1. The first-order valence-electron chi connectivity index (χ1n) is 4.56. The zero-order valence-corrected chi connectivity index (χ0v) is 10.8. The number of carbonyl (C=O) groups is 1. The lowest BCUT2D eigenvalue weighted by Gasteiger charge is -2.11. The first-order valence-corrected chi connectivity index (χ1v) is 6.36. The molecule has 0 aliphatic rings. The largest absolute Gasteiger partial charge is 0.505 e. The summed E-state index contributed by atoms with van der Waals surface area (Å²) in [7, 11) is -4.31. The van der Waals surface area contributed by atoms with Gasteiger partial charge < -0.3 is 25.7 Å². The van der Waals surface area contributed by atoms with E-state index in [1.165, 1.54) is 12.1 Å². The van der Waals surface area contributed by atoms with Crippen LogP contribution in [0.5, 0.6) is 5.75 Å². The highest BCUT2D eigenvalue weighted by molar-refractivity contribution is 7.50. The predicted molar refractivity (Wildman–Crippen MR) is 66.9 cm³/mol. The van der Waals surface area contributed by atoms with Crippen LogP contribution < -0.4 is 5.73 Å². The van der Waals surface area contributed by atoms with Crippen molar-refractivity contribution in [2.75, 3.05) is 5.73 Å². The van der Waals surface area contributed by atoms with E-state index < -0.39 is 25.5 Å². The molecule has 0 fully saturated rings. The van der Waals surface area contributed by atoms with Crippen LogP contribution in [0.2, 0.25) is 0 Å². The third-order valence-corrected chi connectivity index (χ3v) is 2.86. The Morgan fingerprint density at radius 3 is 2.22 bits per heavy atom. The minimum absolute atomic E-state index is 0. The molecule has 0 heterocycles. The molecular weight excluding hydrogens is 285 g/mol. The van der Waals surface area contributed by atoms with E-state index in [-0.39, 0.29) is 35.6 Å². The monoisotopic (exact) mass is 297 g/mol. The SMILES string of the molecule is Cl.Nc1c(CC(=O)O)ccc(CP(=O)(O)O)c1O. The highest BCUT2D eigenvalue weighted by atomic mass is 35.5. The van der Waals surface area contributed by atoms with Gasteiger partial charge in [0.25, 0.3) is 0 Å². The molecule has 0 amide bonds. The Morgan fingerprint density at radius 2 is 1.78 bits per heavy atom. The molecule has 0 unspecified atom stereocenters. The van der Waals surface area contributed by atoms with Gasteiger partial charge in [-0.25, -0.2) is 0 Å². The van der Waals surface area contributed by atoms with Crippen LogP contribution in [0, 0.1) is 0 Å². The maximum atomic E-state index is 10.8. The van der Waals surface area contributed by atoms with Crippen molar-refractivity contribution >= 4 is 31.7 Å². The van der Waals surface area contributed by atoms with E-state index in [2.05, 4.69) is 0 Å². The Balaban J connectivity index is 0.00000289. The number of hydrogen-bond acceptors (Lipinski definition) is 4. The molecule has 0 atom stereocenters. The first kappa shape index (κ1) is 16.7. The smallest absolute Gasteiger partial charge is 0.330 e. The summed E-state index contributed by atoms with van der Waals surface area (Å²) in [5.41, 5.74) is 5.51. The van der Waals surface area contributed by atoms with Crippen LogP contribution in [0.3, 0.4) is 0 Å². The van der Waals surface area contributed by atoms with Gasteiger partial charge in [-0.05, 0) is 5.56 Å². The molecule has 0 bridgehead atoms. The van der Waals surface area contributed by atoms with E-state index >= 15 is 0 Å². The van der Waals surface area contributed by atoms with E-state index in [0.717, 1.165) is 0 Å². The number of hydrogen-bond donors (Lipinski definition) is 5. The first-order chi connectivity index (χ1) is 7.70. The van der Waals surface area contributed by atoms with Crippen LogP contribution in [0.25, 0.3) is 0 Å². The molecule has 1 rings (SSSR count). The van der Waals surface area contributed by atoms with Crippen LogP contribution in [0.1, 0.15) is 11.1 Å². The number of phenolic OH excluding ortho intramolecular Hbond substituents is 1. The molecule has 18 heavy (non-hydrogen) atoms. The summed E-state index contributed by atoms with van der Waals surface area (Å²) in [5.74, 6) is -1.59. The van der Waals surface area contributed by atoms with E-state index in [1.807, 2.05) is 0 Å². The fraction of sp³-hybridized carbons (Fsp3) is 0.222. The van der Waals surface area contributed by atoms with Crippen LogP contribution in [-0.2, 0) is 21.9 Å². The molecule has 6 N–H and O–H groups in total. The lowest BCUT2D eigenvalue weighted by Crippen LogP contribution is -2.04. The standard InChI is InChI=1S/C9H12NO6P.ClH/c10-8-5(3-7(11)12)1-2-6(9(8)13)4-17(14,15)16;/h1-2,13H,3-4,10H2,(H,11,12)(H2,14,15,16);1H. The van der Waals surface area contributed by atoms with Crippen molar-refractivity contribution < 1.29 is 29.4 Å². The Morgan fingerprint density at radius 1 is 1.28 bits per heavy atom. The summed E-state index contributed by atoms with van der Waals surface area (Å²) in [6.45, 7) is 0. The quantitative estimate of drug-likeness (QED) is 0.313. The number of aliphatic carboxylic acids is 1. The van der Waals surface area contributed by atoms with Crippen molar-refractivity contribution in [3.8, 4) is 5.75 Å². The number of nitrogen functional groups attached to an aromatic ring is 1. The molecule has 7 nitrogen and oxygen atoms in total. The van der Waals surface area contributed by atoms with Crippen LogP contribution in [0.4, 0.5) is 5.69 Å². The summed E-state index contributed by atoms with van der Waals surface area (Å²) in [4.78, 5) is 28.0. The number of phenols is 1. The van der Waals surface area contributed by atoms with Gasteiger partial charge in [-0.2, -0.15) is 0 Å². The normalized spacial score (nSPS) is 10.8. The van der Waals surface area contributed by atoms with Gasteiger partial charge in [0, 0.05) is 5.56 Å². The highest BCUT2D eigenvalue weighted by Gasteiger charge is 2.19. The molecular formula is C9H13ClNO6P. The van der Waals surface area contributed by atoms with Gasteiger partial charge >= 0.3 is 13.6 Å². The van der Waals surface area contributed by atoms with Gasteiger partial charge in [0.15, 0.2) is 0 Å². The fourth-order valence-electron chi connectivity index (χ4n) is 1.36. The maximum Gasteiger partial charge on any atom is 0.330 e. The molecule has 0 saturated heterocycles. The van der Waals surface area contributed by atoms with Crippen molar-refractivity contribution in [2.24, 2.45) is 0 Å². The van der Waals surface area contributed by atoms with E-state index in [0.29, 0.717) is 0 Å². The van der Waals surface area contributed by atoms with Gasteiger partial charge in [-0.1, -0.05) is 12.1 Å². The van der Waals surface area contributed by atoms with Crippen LogP contribution in [0.15, 0.2) is 12.1 Å². The summed E-state index contributed by atoms with van der Waals surface area (Å²) < 4.78 is 10.8. The van der Waals surface area contributed by atoms with E-state index in [4.69, 9.17) is 20.6 Å². The second kappa shape index (κ2) is 6.06. The van der Waals surface area contributed by atoms with Gasteiger partial charge in [0.05, 0.1) is 18.3 Å². The predicted octanol–water partition coefficient (Wildman–Crippen LogP) is 0.701. The second-order valence-electron chi connectivity index (χ2n) is 3.54. The van der Waals surface area contributed by atoms with E-state index in [1.54, 1.807) is 0 Å². The number of rotatable bonds is 4. The molecule has 0 saturated carbocycles. The third kappa shape index (κ3) is 4.54. The Kier molecular flexibility index (Phi) is 5.63. The Labute approximate surface area is 109 Å². The number of halogens is 1. The van der Waals surface area contributed by atoms with Gasteiger partial charge in [0.1, 0.15) is 5.75 Å². The number of carboxylic acids is 1. The van der Waals surface area contributed by atoms with Crippen molar-refractivity contribution in [1.82, 2.24) is 0 Å². The molecule has 0 aliphatic heterocycles. The summed E-state index contributed by atoms with van der Waals surface area (Å²) in [6, 6.07) is 2.58. The Bertz CT molecular complexity index is 500. The average molecular weight is 298 g/mol. The van der Waals surface area contributed by atoms with Crippen molar-refractivity contribution in [2.45, 2.75) is 12.6 Å². The summed E-state index contributed by atoms with van der Waals surface area (Å²) in [5, 5.41) is 18.2. The molecule has 0 aliphatic carbocycles. The fourth-order valence-corrected chi connectivity index (χ4v) is 2.06. The van der Waals surface area contributed by atoms with Gasteiger partial charge in [0.2, 0.25) is 0 Å². The third-order valence-electron chi connectivity index (χ3n) is 2.11. The molecule has 1 aromatic rings. The number of benzene rings is 1. The van der Waals surface area contributed by atoms with Crippen LogP contribution >= 0.6 is 20.0 Å². The minimum Gasteiger partial charge on any atom is -0.505 e. The molecule has 0 radical (unpaired) electrons. The van der Waals surface area contributed by atoms with Crippen LogP contribution in [-0.4, -0.2) is 26.0 Å². The van der Waals surface area contributed by atoms with Gasteiger partial charge in [-0.15, -0.1) is 12.4 Å². The van der Waals surface area contributed by atoms with Crippen molar-refractivity contribution in [1.29, 1.82) is 0 Å². The lowest BCUT2D eigenvalue weighted by atomic mass is 10.1. The van der Waals surface area contributed by atoms with Crippen molar-refractivity contribution in [3.63, 3.8) is 0 Å². The average Bonchev–Trinajstić information content (AvgIpc) is 2.15. The topological polar surface area (TPSA) is 141 Å². The van der Waals surface area contributed by atoms with E-state index in [9.17, 15) is 14.5 Å². The highest BCUT2D eigenvalue weighted by Crippen LogP contribution is 2.43.